The number of nitrogens with two attached hydrogens (primary N) is 3. The van der Waals surface area contributed by atoms with E-state index in [9.17, 15) is 9.59 Å². The molecule has 4 aromatic rings. The van der Waals surface area contributed by atoms with Gasteiger partial charge in [-0.25, -0.2) is 14.8 Å². The van der Waals surface area contributed by atoms with E-state index in [1.807, 2.05) is 109 Å². The number of benzene rings is 4. The second kappa shape index (κ2) is 16.2. The first kappa shape index (κ1) is 31.5. The Hall–Kier alpha value is -5.48. The minimum atomic E-state index is -0.471. The van der Waals surface area contributed by atoms with Gasteiger partial charge in [-0.3, -0.25) is 15.4 Å². The molecule has 10 heteroatoms. The van der Waals surface area contributed by atoms with Gasteiger partial charge in [-0.05, 0) is 39.8 Å². The Balaban J connectivity index is 1.28. The third-order valence-corrected chi connectivity index (χ3v) is 6.83. The van der Waals surface area contributed by atoms with Crippen molar-refractivity contribution in [3.63, 3.8) is 0 Å². The van der Waals surface area contributed by atoms with Crippen molar-refractivity contribution >= 4 is 23.9 Å². The molecule has 0 saturated heterocycles. The number of guanidine groups is 2. The van der Waals surface area contributed by atoms with E-state index in [1.165, 1.54) is 0 Å². The van der Waals surface area contributed by atoms with Crippen LogP contribution in [0.2, 0.25) is 0 Å². The Kier molecular flexibility index (Phi) is 11.6. The summed E-state index contributed by atoms with van der Waals surface area (Å²) in [6.07, 6.45) is 0.534. The van der Waals surface area contributed by atoms with Gasteiger partial charge < -0.3 is 22.5 Å². The molecule has 0 fully saturated rings. The summed E-state index contributed by atoms with van der Waals surface area (Å²) in [5.74, 6) is -0.595. The van der Waals surface area contributed by atoms with Crippen LogP contribution in [0, 0.1) is 0 Å². The summed E-state index contributed by atoms with van der Waals surface area (Å²) in [6.45, 7) is 1.28. The fraction of sp³-hybridized carbons (Fsp3) is 0.176. The molecule has 0 bridgehead atoms. The van der Waals surface area contributed by atoms with Gasteiger partial charge in [-0.1, -0.05) is 109 Å². The number of nitrogens with one attached hydrogen (secondary N) is 3. The van der Waals surface area contributed by atoms with Crippen molar-refractivity contribution < 1.29 is 9.59 Å². The van der Waals surface area contributed by atoms with Crippen molar-refractivity contribution in [3.8, 4) is 0 Å². The number of carbonyl (C=O) groups is 2. The first-order chi connectivity index (χ1) is 21.4. The molecule has 44 heavy (non-hydrogen) atoms. The van der Waals surface area contributed by atoms with Crippen molar-refractivity contribution in [2.24, 2.45) is 27.2 Å². The Morgan fingerprint density at radius 3 is 1.80 bits per heavy atom. The zero-order chi connectivity index (χ0) is 31.1. The van der Waals surface area contributed by atoms with Crippen molar-refractivity contribution in [3.05, 3.63) is 143 Å². The van der Waals surface area contributed by atoms with Gasteiger partial charge in [0.1, 0.15) is 0 Å². The van der Waals surface area contributed by atoms with E-state index >= 15 is 0 Å². The molecule has 1 atom stereocenters. The molecule has 0 spiro atoms. The third-order valence-electron chi connectivity index (χ3n) is 6.83. The quantitative estimate of drug-likeness (QED) is 0.116. The van der Waals surface area contributed by atoms with Gasteiger partial charge >= 0.3 is 6.03 Å². The molecule has 3 amide bonds. The van der Waals surface area contributed by atoms with Gasteiger partial charge in [0.15, 0.2) is 11.9 Å². The lowest BCUT2D eigenvalue weighted by atomic mass is 9.91. The molecule has 0 aliphatic rings. The largest absolute Gasteiger partial charge is 0.370 e. The first-order valence-corrected chi connectivity index (χ1v) is 14.3. The van der Waals surface area contributed by atoms with Crippen molar-refractivity contribution in [2.45, 2.75) is 38.5 Å². The topological polar surface area (TPSA) is 173 Å². The van der Waals surface area contributed by atoms with Crippen LogP contribution in [0.25, 0.3) is 0 Å². The summed E-state index contributed by atoms with van der Waals surface area (Å²) < 4.78 is 0. The molecule has 0 heterocycles. The Morgan fingerprint density at radius 1 is 0.636 bits per heavy atom. The van der Waals surface area contributed by atoms with E-state index in [1.54, 1.807) is 0 Å². The number of carbonyl (C=O) groups excluding carboxylic acids is 2. The van der Waals surface area contributed by atoms with Gasteiger partial charge in [0, 0.05) is 13.1 Å². The molecule has 9 N–H and O–H groups in total. The Morgan fingerprint density at radius 2 is 1.16 bits per heavy atom. The molecule has 226 valence electrons. The maximum absolute atomic E-state index is 13.2. The standard InChI is InChI=1S/C34H38N8O2/c35-20-25-11-7-12-26(17-25)21-39-33(37)42-34(44)40-23-28-14-8-13-27(18-28)22-38-32(36)41-31(43)30(29-15-5-2-6-16-29)19-24-9-3-1-4-10-24/h1-18,30H,19-23,35H2,(H3,36,38,41,43)(H4,37,39,40,42,44). The third kappa shape index (κ3) is 10.1. The second-order valence-electron chi connectivity index (χ2n) is 10.2. The van der Waals surface area contributed by atoms with E-state index in [-0.39, 0.29) is 30.9 Å². The number of rotatable bonds is 11. The normalized spacial score (nSPS) is 12.3. The summed E-state index contributed by atoms with van der Waals surface area (Å²) in [7, 11) is 0. The molecule has 4 aromatic carbocycles. The highest BCUT2D eigenvalue weighted by molar-refractivity contribution is 5.99. The lowest BCUT2D eigenvalue weighted by Gasteiger charge is -2.17. The van der Waals surface area contributed by atoms with Crippen molar-refractivity contribution in [1.82, 2.24) is 16.0 Å². The highest BCUT2D eigenvalue weighted by Gasteiger charge is 2.21. The van der Waals surface area contributed by atoms with Gasteiger partial charge in [0.05, 0.1) is 19.0 Å². The molecular weight excluding hydrogens is 552 g/mol. The SMILES string of the molecule is NCc1cccc(CN=C(N)NC(=O)NCc2cccc(CN=C(N)NC(=O)C(Cc3ccccc3)c3ccccc3)c2)c1. The smallest absolute Gasteiger partial charge is 0.321 e. The van der Waals surface area contributed by atoms with Crippen molar-refractivity contribution in [2.75, 3.05) is 0 Å². The lowest BCUT2D eigenvalue weighted by Crippen LogP contribution is -2.43. The average molecular weight is 591 g/mol. The highest BCUT2D eigenvalue weighted by atomic mass is 16.2. The number of hydrogen-bond donors (Lipinski definition) is 6. The van der Waals surface area contributed by atoms with E-state index in [0.29, 0.717) is 19.5 Å². The number of urea groups is 1. The van der Waals surface area contributed by atoms with E-state index in [4.69, 9.17) is 17.2 Å². The van der Waals surface area contributed by atoms with Crippen LogP contribution in [0.4, 0.5) is 4.79 Å². The van der Waals surface area contributed by atoms with E-state index in [2.05, 4.69) is 25.9 Å². The monoisotopic (exact) mass is 590 g/mol. The number of nitrogens with zero attached hydrogens (tertiary/aromatic N) is 2. The maximum Gasteiger partial charge on any atom is 0.321 e. The van der Waals surface area contributed by atoms with Crippen LogP contribution in [0.5, 0.6) is 0 Å². The molecule has 0 aromatic heterocycles. The zero-order valence-electron chi connectivity index (χ0n) is 24.4. The van der Waals surface area contributed by atoms with Crippen LogP contribution in [0.15, 0.2) is 119 Å². The minimum Gasteiger partial charge on any atom is -0.370 e. The number of aliphatic imine (C=N–C) groups is 2. The van der Waals surface area contributed by atoms with Crippen LogP contribution in [-0.2, 0) is 37.4 Å². The summed E-state index contributed by atoms with van der Waals surface area (Å²) in [4.78, 5) is 34.2. The van der Waals surface area contributed by atoms with Crippen LogP contribution in [-0.4, -0.2) is 23.9 Å². The maximum atomic E-state index is 13.2. The molecule has 0 aliphatic heterocycles. The predicted molar refractivity (Wildman–Crippen MR) is 174 cm³/mol. The van der Waals surface area contributed by atoms with Gasteiger partial charge in [-0.2, -0.15) is 0 Å². The van der Waals surface area contributed by atoms with Crippen LogP contribution < -0.4 is 33.2 Å². The Bertz CT molecular complexity index is 1590. The molecular formula is C34H38N8O2. The number of amides is 3. The predicted octanol–water partition coefficient (Wildman–Crippen LogP) is 3.42. The number of hydrogen-bond acceptors (Lipinski definition) is 5. The zero-order valence-corrected chi connectivity index (χ0v) is 24.4. The average Bonchev–Trinajstić information content (AvgIpc) is 3.05. The summed E-state index contributed by atoms with van der Waals surface area (Å²) >= 11 is 0. The Labute approximate surface area is 257 Å². The lowest BCUT2D eigenvalue weighted by molar-refractivity contribution is -0.121. The van der Waals surface area contributed by atoms with Crippen LogP contribution in [0.3, 0.4) is 0 Å². The molecule has 0 saturated carbocycles. The summed E-state index contributed by atoms with van der Waals surface area (Å²) in [6, 6.07) is 34.3. The minimum absolute atomic E-state index is 0.0135. The van der Waals surface area contributed by atoms with Crippen LogP contribution in [0.1, 0.15) is 39.3 Å². The van der Waals surface area contributed by atoms with Gasteiger partial charge in [-0.15, -0.1) is 0 Å². The summed E-state index contributed by atoms with van der Waals surface area (Å²) in [5.41, 5.74) is 23.3. The highest BCUT2D eigenvalue weighted by Crippen LogP contribution is 2.21. The van der Waals surface area contributed by atoms with Gasteiger partial charge in [0.25, 0.3) is 0 Å². The molecule has 0 radical (unpaired) electrons. The fourth-order valence-corrected chi connectivity index (χ4v) is 4.58. The van der Waals surface area contributed by atoms with E-state index in [0.717, 1.165) is 33.4 Å². The first-order valence-electron chi connectivity index (χ1n) is 14.3. The molecule has 0 aliphatic carbocycles. The fourth-order valence-electron chi connectivity index (χ4n) is 4.58. The van der Waals surface area contributed by atoms with Crippen molar-refractivity contribution in [1.29, 1.82) is 0 Å². The molecule has 10 nitrogen and oxygen atoms in total. The summed E-state index contributed by atoms with van der Waals surface area (Å²) in [5, 5.41) is 8.06. The van der Waals surface area contributed by atoms with Crippen LogP contribution >= 0.6 is 0 Å². The molecule has 1 unspecified atom stereocenters. The van der Waals surface area contributed by atoms with E-state index < -0.39 is 11.9 Å². The van der Waals surface area contributed by atoms with Gasteiger partial charge in [0.2, 0.25) is 5.91 Å². The second-order valence-corrected chi connectivity index (χ2v) is 10.2. The molecule has 4 rings (SSSR count).